The SMILES string of the molecule is CN1CCN(CCNc2ccc(Br)cc2[N+](=O)[O-])CC1. The highest BCUT2D eigenvalue weighted by atomic mass is 79.9. The maximum atomic E-state index is 11.0. The van der Waals surface area contributed by atoms with Crippen LogP contribution in [0.15, 0.2) is 22.7 Å². The average molecular weight is 343 g/mol. The molecule has 0 saturated carbocycles. The summed E-state index contributed by atoms with van der Waals surface area (Å²) >= 11 is 3.26. The predicted octanol–water partition coefficient (Wildman–Crippen LogP) is 2.02. The smallest absolute Gasteiger partial charge is 0.293 e. The van der Waals surface area contributed by atoms with Crippen LogP contribution in [0.2, 0.25) is 0 Å². The first kappa shape index (κ1) is 15.2. The minimum atomic E-state index is -0.358. The molecule has 1 aromatic carbocycles. The van der Waals surface area contributed by atoms with Crippen molar-refractivity contribution in [3.8, 4) is 0 Å². The van der Waals surface area contributed by atoms with Gasteiger partial charge in [-0.25, -0.2) is 0 Å². The fourth-order valence-corrected chi connectivity index (χ4v) is 2.57. The van der Waals surface area contributed by atoms with Gasteiger partial charge in [0.05, 0.1) is 4.92 Å². The van der Waals surface area contributed by atoms with Gasteiger partial charge in [0.1, 0.15) is 5.69 Å². The van der Waals surface area contributed by atoms with Crippen molar-refractivity contribution >= 4 is 27.3 Å². The summed E-state index contributed by atoms with van der Waals surface area (Å²) in [5.74, 6) is 0. The van der Waals surface area contributed by atoms with E-state index in [4.69, 9.17) is 0 Å². The van der Waals surface area contributed by atoms with E-state index < -0.39 is 0 Å². The first-order valence-corrected chi connectivity index (χ1v) is 7.44. The summed E-state index contributed by atoms with van der Waals surface area (Å²) in [4.78, 5) is 15.3. The number of nitro benzene ring substituents is 1. The van der Waals surface area contributed by atoms with Gasteiger partial charge in [-0.2, -0.15) is 0 Å². The lowest BCUT2D eigenvalue weighted by atomic mass is 10.2. The van der Waals surface area contributed by atoms with Gasteiger partial charge in [0.25, 0.3) is 5.69 Å². The number of nitrogens with one attached hydrogen (secondary N) is 1. The Balaban J connectivity index is 1.86. The normalized spacial score (nSPS) is 17.1. The van der Waals surface area contributed by atoms with Crippen molar-refractivity contribution in [2.45, 2.75) is 0 Å². The van der Waals surface area contributed by atoms with E-state index in [-0.39, 0.29) is 10.6 Å². The molecular weight excluding hydrogens is 324 g/mol. The number of nitro groups is 1. The number of benzene rings is 1. The first-order chi connectivity index (χ1) is 9.56. The highest BCUT2D eigenvalue weighted by Crippen LogP contribution is 2.27. The number of likely N-dealkylation sites (N-methyl/N-ethyl adjacent to an activating group) is 1. The maximum absolute atomic E-state index is 11.0. The number of rotatable bonds is 5. The van der Waals surface area contributed by atoms with Crippen LogP contribution < -0.4 is 5.32 Å². The van der Waals surface area contributed by atoms with Crippen LogP contribution in [0.3, 0.4) is 0 Å². The third-order valence-corrected chi connectivity index (χ3v) is 3.99. The maximum Gasteiger partial charge on any atom is 0.293 e. The third-order valence-electron chi connectivity index (χ3n) is 3.50. The van der Waals surface area contributed by atoms with Gasteiger partial charge in [-0.1, -0.05) is 15.9 Å². The van der Waals surface area contributed by atoms with Crippen molar-refractivity contribution < 1.29 is 4.92 Å². The molecule has 0 aromatic heterocycles. The molecule has 110 valence electrons. The highest BCUT2D eigenvalue weighted by molar-refractivity contribution is 9.10. The summed E-state index contributed by atoms with van der Waals surface area (Å²) in [7, 11) is 2.13. The molecule has 1 aliphatic rings. The van der Waals surface area contributed by atoms with Gasteiger partial charge >= 0.3 is 0 Å². The van der Waals surface area contributed by atoms with Crippen LogP contribution >= 0.6 is 15.9 Å². The van der Waals surface area contributed by atoms with E-state index in [2.05, 4.69) is 38.1 Å². The monoisotopic (exact) mass is 342 g/mol. The van der Waals surface area contributed by atoms with Gasteiger partial charge in [-0.15, -0.1) is 0 Å². The molecule has 6 nitrogen and oxygen atoms in total. The second-order valence-electron chi connectivity index (χ2n) is 4.99. The van der Waals surface area contributed by atoms with E-state index >= 15 is 0 Å². The van der Waals surface area contributed by atoms with Gasteiger partial charge in [0.15, 0.2) is 0 Å². The summed E-state index contributed by atoms with van der Waals surface area (Å²) in [6.07, 6.45) is 0. The van der Waals surface area contributed by atoms with Gasteiger partial charge in [0.2, 0.25) is 0 Å². The molecule has 1 saturated heterocycles. The van der Waals surface area contributed by atoms with Gasteiger partial charge in [-0.3, -0.25) is 15.0 Å². The standard InChI is InChI=1S/C13H19BrN4O2/c1-16-6-8-17(9-7-16)5-4-15-12-3-2-11(14)10-13(12)18(19)20/h2-3,10,15H,4-9H2,1H3. The van der Waals surface area contributed by atoms with Crippen molar-refractivity contribution in [2.24, 2.45) is 0 Å². The molecule has 20 heavy (non-hydrogen) atoms. The molecule has 1 fully saturated rings. The molecule has 2 rings (SSSR count). The minimum absolute atomic E-state index is 0.109. The molecule has 1 aliphatic heterocycles. The van der Waals surface area contributed by atoms with Crippen molar-refractivity contribution in [1.82, 2.24) is 9.80 Å². The lowest BCUT2D eigenvalue weighted by molar-refractivity contribution is -0.384. The van der Waals surface area contributed by atoms with Gasteiger partial charge < -0.3 is 10.2 Å². The Morgan fingerprint density at radius 2 is 2.05 bits per heavy atom. The Bertz CT molecular complexity index is 475. The molecule has 7 heteroatoms. The first-order valence-electron chi connectivity index (χ1n) is 6.65. The van der Waals surface area contributed by atoms with Crippen LogP contribution in [-0.2, 0) is 0 Å². The summed E-state index contributed by atoms with van der Waals surface area (Å²) in [6.45, 7) is 5.89. The molecular formula is C13H19BrN4O2. The second kappa shape index (κ2) is 7.01. The Labute approximate surface area is 127 Å². The van der Waals surface area contributed by atoms with Crippen LogP contribution in [0.4, 0.5) is 11.4 Å². The molecule has 1 N–H and O–H groups in total. The highest BCUT2D eigenvalue weighted by Gasteiger charge is 2.15. The Hall–Kier alpha value is -1.18. The quantitative estimate of drug-likeness (QED) is 0.655. The third kappa shape index (κ3) is 4.16. The van der Waals surface area contributed by atoms with Crippen LogP contribution in [0.1, 0.15) is 0 Å². The Kier molecular flexibility index (Phi) is 5.33. The van der Waals surface area contributed by atoms with Crippen LogP contribution in [-0.4, -0.2) is 61.0 Å². The van der Waals surface area contributed by atoms with E-state index in [0.717, 1.165) is 32.7 Å². The number of anilines is 1. The molecule has 1 heterocycles. The fourth-order valence-electron chi connectivity index (χ4n) is 2.23. The number of halogens is 1. The van der Waals surface area contributed by atoms with Crippen LogP contribution in [0.5, 0.6) is 0 Å². The Morgan fingerprint density at radius 1 is 1.35 bits per heavy atom. The molecule has 0 spiro atoms. The van der Waals surface area contributed by atoms with E-state index in [0.29, 0.717) is 16.7 Å². The lowest BCUT2D eigenvalue weighted by Crippen LogP contribution is -2.45. The minimum Gasteiger partial charge on any atom is -0.378 e. The predicted molar refractivity (Wildman–Crippen MR) is 83.2 cm³/mol. The summed E-state index contributed by atoms with van der Waals surface area (Å²) in [5.41, 5.74) is 0.685. The van der Waals surface area contributed by atoms with Crippen LogP contribution in [0.25, 0.3) is 0 Å². The zero-order valence-corrected chi connectivity index (χ0v) is 13.1. The molecule has 1 aromatic rings. The summed E-state index contributed by atoms with van der Waals surface area (Å²) < 4.78 is 0.716. The van der Waals surface area contributed by atoms with E-state index in [1.165, 1.54) is 6.07 Å². The lowest BCUT2D eigenvalue weighted by Gasteiger charge is -2.32. The molecule has 0 aliphatic carbocycles. The number of hydrogen-bond acceptors (Lipinski definition) is 5. The van der Waals surface area contributed by atoms with Crippen molar-refractivity contribution in [1.29, 1.82) is 0 Å². The molecule has 0 atom stereocenters. The van der Waals surface area contributed by atoms with E-state index in [1.807, 2.05) is 6.07 Å². The van der Waals surface area contributed by atoms with E-state index in [1.54, 1.807) is 6.07 Å². The fraction of sp³-hybridized carbons (Fsp3) is 0.538. The van der Waals surface area contributed by atoms with Crippen molar-refractivity contribution in [2.75, 3.05) is 51.6 Å². The Morgan fingerprint density at radius 3 is 2.70 bits per heavy atom. The summed E-state index contributed by atoms with van der Waals surface area (Å²) in [5, 5.41) is 14.2. The largest absolute Gasteiger partial charge is 0.378 e. The molecule has 0 amide bonds. The average Bonchev–Trinajstić information content (AvgIpc) is 2.42. The van der Waals surface area contributed by atoms with Gasteiger partial charge in [-0.05, 0) is 19.2 Å². The van der Waals surface area contributed by atoms with Crippen molar-refractivity contribution in [3.63, 3.8) is 0 Å². The summed E-state index contributed by atoms with van der Waals surface area (Å²) in [6, 6.07) is 5.08. The molecule has 0 radical (unpaired) electrons. The molecule has 0 bridgehead atoms. The molecule has 0 unspecified atom stereocenters. The number of piperazine rings is 1. The van der Waals surface area contributed by atoms with E-state index in [9.17, 15) is 10.1 Å². The van der Waals surface area contributed by atoms with Gasteiger partial charge in [0, 0.05) is 49.8 Å². The van der Waals surface area contributed by atoms with Crippen molar-refractivity contribution in [3.05, 3.63) is 32.8 Å². The number of hydrogen-bond donors (Lipinski definition) is 1. The number of nitrogens with zero attached hydrogens (tertiary/aromatic N) is 3. The topological polar surface area (TPSA) is 61.6 Å². The zero-order chi connectivity index (χ0) is 14.5. The zero-order valence-electron chi connectivity index (χ0n) is 11.5. The second-order valence-corrected chi connectivity index (χ2v) is 5.91. The van der Waals surface area contributed by atoms with Crippen LogP contribution in [0, 0.1) is 10.1 Å².